The van der Waals surface area contributed by atoms with Crippen LogP contribution >= 0.6 is 11.3 Å². The van der Waals surface area contributed by atoms with Crippen molar-refractivity contribution >= 4 is 17.2 Å². The maximum Gasteiger partial charge on any atom is 0.242 e. The number of thiophene rings is 1. The van der Waals surface area contributed by atoms with E-state index in [4.69, 9.17) is 10.5 Å². The fourth-order valence-electron chi connectivity index (χ4n) is 1.24. The van der Waals surface area contributed by atoms with Crippen molar-refractivity contribution in [1.82, 2.24) is 5.32 Å². The molecule has 1 heterocycles. The fourth-order valence-corrected chi connectivity index (χ4v) is 1.96. The Morgan fingerprint density at radius 3 is 3.12 bits per heavy atom. The minimum absolute atomic E-state index is 0.126. The predicted octanol–water partition coefficient (Wildman–Crippen LogP) is 1.29. The molecule has 0 saturated carbocycles. The normalized spacial score (nSPS) is 12.4. The average Bonchev–Trinajstić information content (AvgIpc) is 2.81. The first-order chi connectivity index (χ1) is 7.75. The third-order valence-electron chi connectivity index (χ3n) is 2.10. The van der Waals surface area contributed by atoms with Crippen LogP contribution in [0.25, 0.3) is 0 Å². The number of hydrogen-bond acceptors (Lipinski definition) is 4. The number of carbonyl (C=O) groups is 1. The summed E-state index contributed by atoms with van der Waals surface area (Å²) in [6.45, 7) is 3.94. The van der Waals surface area contributed by atoms with Crippen molar-refractivity contribution < 1.29 is 9.53 Å². The monoisotopic (exact) mass is 242 g/mol. The van der Waals surface area contributed by atoms with Gasteiger partial charge in [0.2, 0.25) is 5.91 Å². The van der Waals surface area contributed by atoms with Crippen LogP contribution in [0.4, 0.5) is 0 Å². The van der Waals surface area contributed by atoms with E-state index >= 15 is 0 Å². The Morgan fingerprint density at radius 2 is 2.50 bits per heavy atom. The quantitative estimate of drug-likeness (QED) is 0.708. The van der Waals surface area contributed by atoms with Crippen molar-refractivity contribution in [1.29, 1.82) is 0 Å². The molecular weight excluding hydrogens is 224 g/mol. The highest BCUT2D eigenvalue weighted by Gasteiger charge is 2.15. The molecule has 1 aromatic rings. The predicted molar refractivity (Wildman–Crippen MR) is 65.4 cm³/mol. The van der Waals surface area contributed by atoms with Crippen LogP contribution in [-0.2, 0) is 9.53 Å². The maximum atomic E-state index is 11.6. The van der Waals surface area contributed by atoms with Crippen molar-refractivity contribution in [2.24, 2.45) is 5.73 Å². The number of ether oxygens (including phenoxy) is 1. The lowest BCUT2D eigenvalue weighted by Crippen LogP contribution is -2.34. The lowest BCUT2D eigenvalue weighted by atomic mass is 10.2. The lowest BCUT2D eigenvalue weighted by molar-refractivity contribution is -0.122. The molecule has 1 aromatic heterocycles. The lowest BCUT2D eigenvalue weighted by Gasteiger charge is -2.10. The molecule has 0 aromatic carbocycles. The molecule has 1 atom stereocenters. The van der Waals surface area contributed by atoms with Gasteiger partial charge in [-0.3, -0.25) is 4.79 Å². The summed E-state index contributed by atoms with van der Waals surface area (Å²) in [5.41, 5.74) is 5.79. The van der Waals surface area contributed by atoms with Crippen LogP contribution < -0.4 is 11.1 Å². The summed E-state index contributed by atoms with van der Waals surface area (Å²) >= 11 is 1.50. The highest BCUT2D eigenvalue weighted by Crippen LogP contribution is 2.16. The molecule has 3 N–H and O–H groups in total. The van der Waals surface area contributed by atoms with Gasteiger partial charge in [-0.05, 0) is 24.8 Å². The zero-order valence-electron chi connectivity index (χ0n) is 9.44. The van der Waals surface area contributed by atoms with Gasteiger partial charge in [0.05, 0.1) is 0 Å². The molecule has 5 heteroatoms. The Labute approximate surface area is 99.8 Å². The molecule has 1 rings (SSSR count). The van der Waals surface area contributed by atoms with E-state index in [1.54, 1.807) is 0 Å². The van der Waals surface area contributed by atoms with Crippen molar-refractivity contribution in [3.63, 3.8) is 0 Å². The fraction of sp³-hybridized carbons (Fsp3) is 0.545. The van der Waals surface area contributed by atoms with Gasteiger partial charge in [0.1, 0.15) is 6.04 Å². The molecule has 4 nitrogen and oxygen atoms in total. The van der Waals surface area contributed by atoms with Crippen LogP contribution in [0.15, 0.2) is 17.5 Å². The second-order valence-corrected chi connectivity index (χ2v) is 4.31. The van der Waals surface area contributed by atoms with E-state index in [1.807, 2.05) is 24.4 Å². The highest BCUT2D eigenvalue weighted by molar-refractivity contribution is 7.10. The van der Waals surface area contributed by atoms with Gasteiger partial charge in [0.15, 0.2) is 0 Å². The molecule has 0 fully saturated rings. The molecule has 16 heavy (non-hydrogen) atoms. The Hall–Kier alpha value is -0.910. The summed E-state index contributed by atoms with van der Waals surface area (Å²) in [5.74, 6) is -0.126. The first-order valence-electron chi connectivity index (χ1n) is 5.40. The second kappa shape index (κ2) is 7.38. The van der Waals surface area contributed by atoms with E-state index in [2.05, 4.69) is 5.32 Å². The van der Waals surface area contributed by atoms with Crippen molar-refractivity contribution in [3.05, 3.63) is 22.4 Å². The molecule has 90 valence electrons. The summed E-state index contributed by atoms with van der Waals surface area (Å²) in [7, 11) is 0. The molecule has 0 aliphatic carbocycles. The molecular formula is C11H18N2O2S. The van der Waals surface area contributed by atoms with Crippen LogP contribution in [0.1, 0.15) is 24.3 Å². The van der Waals surface area contributed by atoms with Gasteiger partial charge in [0.25, 0.3) is 0 Å². The van der Waals surface area contributed by atoms with Gasteiger partial charge in [0, 0.05) is 24.6 Å². The summed E-state index contributed by atoms with van der Waals surface area (Å²) in [5, 5.41) is 4.71. The number of carbonyl (C=O) groups excluding carboxylic acids is 1. The van der Waals surface area contributed by atoms with Gasteiger partial charge in [-0.25, -0.2) is 0 Å². The van der Waals surface area contributed by atoms with Gasteiger partial charge < -0.3 is 15.8 Å². The Morgan fingerprint density at radius 1 is 1.69 bits per heavy atom. The van der Waals surface area contributed by atoms with Crippen LogP contribution in [-0.4, -0.2) is 25.7 Å². The van der Waals surface area contributed by atoms with Crippen molar-refractivity contribution in [3.8, 4) is 0 Å². The summed E-state index contributed by atoms with van der Waals surface area (Å²) in [4.78, 5) is 12.5. The average molecular weight is 242 g/mol. The number of hydrogen-bond donors (Lipinski definition) is 2. The zero-order valence-corrected chi connectivity index (χ0v) is 10.3. The number of amides is 1. The second-order valence-electron chi connectivity index (χ2n) is 3.33. The maximum absolute atomic E-state index is 11.6. The molecule has 0 spiro atoms. The third kappa shape index (κ3) is 4.30. The Kier molecular flexibility index (Phi) is 6.07. The minimum Gasteiger partial charge on any atom is -0.382 e. The largest absolute Gasteiger partial charge is 0.382 e. The molecule has 0 aliphatic heterocycles. The minimum atomic E-state index is -0.549. The van der Waals surface area contributed by atoms with E-state index < -0.39 is 6.04 Å². The molecule has 1 unspecified atom stereocenters. The smallest absolute Gasteiger partial charge is 0.242 e. The van der Waals surface area contributed by atoms with E-state index in [-0.39, 0.29) is 5.91 Å². The first kappa shape index (κ1) is 13.2. The van der Waals surface area contributed by atoms with Crippen molar-refractivity contribution in [2.75, 3.05) is 19.8 Å². The first-order valence-corrected chi connectivity index (χ1v) is 6.28. The highest BCUT2D eigenvalue weighted by atomic mass is 32.1. The number of rotatable bonds is 7. The Bertz CT molecular complexity index is 301. The molecule has 0 saturated heterocycles. The van der Waals surface area contributed by atoms with Crippen LogP contribution in [0.5, 0.6) is 0 Å². The number of nitrogens with two attached hydrogens (primary N) is 1. The van der Waals surface area contributed by atoms with E-state index in [9.17, 15) is 4.79 Å². The molecule has 1 amide bonds. The molecule has 0 radical (unpaired) electrons. The topological polar surface area (TPSA) is 64.3 Å². The van der Waals surface area contributed by atoms with Gasteiger partial charge >= 0.3 is 0 Å². The molecule has 0 aliphatic rings. The van der Waals surface area contributed by atoms with Crippen LogP contribution in [0, 0.1) is 0 Å². The zero-order chi connectivity index (χ0) is 11.8. The Balaban J connectivity index is 2.20. The molecule has 0 bridgehead atoms. The SMILES string of the molecule is CCOCCCNC(=O)C(N)c1cccs1. The van der Waals surface area contributed by atoms with Gasteiger partial charge in [-0.15, -0.1) is 11.3 Å². The third-order valence-corrected chi connectivity index (χ3v) is 3.06. The van der Waals surface area contributed by atoms with E-state index in [0.29, 0.717) is 19.8 Å². The van der Waals surface area contributed by atoms with E-state index in [0.717, 1.165) is 11.3 Å². The van der Waals surface area contributed by atoms with Gasteiger partial charge in [-0.2, -0.15) is 0 Å². The van der Waals surface area contributed by atoms with Crippen LogP contribution in [0.3, 0.4) is 0 Å². The standard InChI is InChI=1S/C11H18N2O2S/c1-2-15-7-4-6-13-11(14)10(12)9-5-3-8-16-9/h3,5,8,10H,2,4,6-7,12H2,1H3,(H,13,14). The summed E-state index contributed by atoms with van der Waals surface area (Å²) < 4.78 is 5.17. The summed E-state index contributed by atoms with van der Waals surface area (Å²) in [6.07, 6.45) is 0.816. The van der Waals surface area contributed by atoms with E-state index in [1.165, 1.54) is 11.3 Å². The van der Waals surface area contributed by atoms with Crippen molar-refractivity contribution in [2.45, 2.75) is 19.4 Å². The van der Waals surface area contributed by atoms with Gasteiger partial charge in [-0.1, -0.05) is 6.07 Å². The number of nitrogens with one attached hydrogen (secondary N) is 1. The summed E-state index contributed by atoms with van der Waals surface area (Å²) in [6, 6.07) is 3.21. The van der Waals surface area contributed by atoms with Crippen LogP contribution in [0.2, 0.25) is 0 Å².